The number of furan rings is 1. The zero-order valence-corrected chi connectivity index (χ0v) is 15.7. The zero-order chi connectivity index (χ0) is 18.0. The lowest BCUT2D eigenvalue weighted by Crippen LogP contribution is -2.32. The molecule has 1 aromatic heterocycles. The van der Waals surface area contributed by atoms with E-state index in [-0.39, 0.29) is 11.8 Å². The van der Waals surface area contributed by atoms with Crippen molar-refractivity contribution in [2.24, 2.45) is 0 Å². The van der Waals surface area contributed by atoms with E-state index < -0.39 is 0 Å². The third kappa shape index (κ3) is 3.64. The van der Waals surface area contributed by atoms with E-state index in [0.29, 0.717) is 44.8 Å². The van der Waals surface area contributed by atoms with Gasteiger partial charge in [0.15, 0.2) is 0 Å². The van der Waals surface area contributed by atoms with E-state index in [9.17, 15) is 9.59 Å². The third-order valence-electron chi connectivity index (χ3n) is 3.71. The maximum atomic E-state index is 12.8. The topological polar surface area (TPSA) is 50.5 Å². The number of hydrogen-bond acceptors (Lipinski definition) is 4. The molecule has 0 bridgehead atoms. The standard InChI is InChI=1S/C18H15Cl2NO3S/c1-2-7-21-17(22)15(13-6-5-11(19)9-14(13)20)16(18(21)23)25-10-12-4-3-8-24-12/h3-6,8-9H,2,7,10H2,1H3. The summed E-state index contributed by atoms with van der Waals surface area (Å²) < 4.78 is 5.31. The Hall–Kier alpha value is -1.69. The van der Waals surface area contributed by atoms with Crippen LogP contribution in [0.3, 0.4) is 0 Å². The molecule has 1 aromatic carbocycles. The molecule has 2 aromatic rings. The molecule has 0 radical (unpaired) electrons. The molecule has 0 unspecified atom stereocenters. The van der Waals surface area contributed by atoms with Crippen molar-refractivity contribution >= 4 is 52.4 Å². The van der Waals surface area contributed by atoms with Gasteiger partial charge in [-0.1, -0.05) is 36.2 Å². The number of halogens is 2. The number of benzene rings is 1. The summed E-state index contributed by atoms with van der Waals surface area (Å²) in [5.41, 5.74) is 0.849. The van der Waals surface area contributed by atoms with Gasteiger partial charge in [0.1, 0.15) is 5.76 Å². The minimum Gasteiger partial charge on any atom is -0.468 e. The summed E-state index contributed by atoms with van der Waals surface area (Å²) in [4.78, 5) is 27.2. The third-order valence-corrected chi connectivity index (χ3v) is 5.36. The van der Waals surface area contributed by atoms with Crippen LogP contribution < -0.4 is 0 Å². The fraction of sp³-hybridized carbons (Fsp3) is 0.222. The summed E-state index contributed by atoms with van der Waals surface area (Å²) in [6.45, 7) is 2.29. The number of carbonyl (C=O) groups excluding carboxylic acids is 2. The Labute approximate surface area is 159 Å². The maximum absolute atomic E-state index is 12.8. The lowest BCUT2D eigenvalue weighted by molar-refractivity contribution is -0.136. The van der Waals surface area contributed by atoms with E-state index in [4.69, 9.17) is 27.6 Å². The second-order valence-corrected chi connectivity index (χ2v) is 7.29. The number of hydrogen-bond donors (Lipinski definition) is 0. The number of nitrogens with zero attached hydrogens (tertiary/aromatic N) is 1. The van der Waals surface area contributed by atoms with Gasteiger partial charge in [0.05, 0.1) is 27.5 Å². The Morgan fingerprint density at radius 2 is 1.96 bits per heavy atom. The number of carbonyl (C=O) groups is 2. The highest BCUT2D eigenvalue weighted by atomic mass is 35.5. The lowest BCUT2D eigenvalue weighted by atomic mass is 10.1. The minimum absolute atomic E-state index is 0.288. The summed E-state index contributed by atoms with van der Waals surface area (Å²) >= 11 is 13.5. The van der Waals surface area contributed by atoms with Gasteiger partial charge in [0, 0.05) is 17.1 Å². The smallest absolute Gasteiger partial charge is 0.267 e. The molecule has 3 rings (SSSR count). The number of thioether (sulfide) groups is 1. The zero-order valence-electron chi connectivity index (χ0n) is 13.4. The molecule has 7 heteroatoms. The summed E-state index contributed by atoms with van der Waals surface area (Å²) in [6, 6.07) is 8.51. The molecule has 0 N–H and O–H groups in total. The highest BCUT2D eigenvalue weighted by molar-refractivity contribution is 8.03. The first-order valence-electron chi connectivity index (χ1n) is 7.74. The highest BCUT2D eigenvalue weighted by Gasteiger charge is 2.39. The van der Waals surface area contributed by atoms with E-state index in [1.165, 1.54) is 16.7 Å². The van der Waals surface area contributed by atoms with Crippen LogP contribution in [-0.4, -0.2) is 23.3 Å². The van der Waals surface area contributed by atoms with Gasteiger partial charge in [0.25, 0.3) is 11.8 Å². The Morgan fingerprint density at radius 3 is 2.60 bits per heavy atom. The van der Waals surface area contributed by atoms with Crippen LogP contribution in [0.5, 0.6) is 0 Å². The van der Waals surface area contributed by atoms with Gasteiger partial charge in [-0.05, 0) is 30.7 Å². The van der Waals surface area contributed by atoms with Crippen LogP contribution in [0.15, 0.2) is 45.9 Å². The molecule has 0 saturated carbocycles. The van der Waals surface area contributed by atoms with Gasteiger partial charge in [0.2, 0.25) is 0 Å². The lowest BCUT2D eigenvalue weighted by Gasteiger charge is -2.13. The molecule has 1 aliphatic heterocycles. The van der Waals surface area contributed by atoms with Gasteiger partial charge < -0.3 is 4.42 Å². The van der Waals surface area contributed by atoms with Gasteiger partial charge in [-0.3, -0.25) is 14.5 Å². The van der Waals surface area contributed by atoms with Crippen molar-refractivity contribution in [1.82, 2.24) is 4.90 Å². The summed E-state index contributed by atoms with van der Waals surface area (Å²) in [5, 5.41) is 0.819. The Morgan fingerprint density at radius 1 is 1.16 bits per heavy atom. The van der Waals surface area contributed by atoms with Gasteiger partial charge in [-0.25, -0.2) is 0 Å². The van der Waals surface area contributed by atoms with E-state index in [1.54, 1.807) is 30.5 Å². The van der Waals surface area contributed by atoms with Crippen molar-refractivity contribution in [2.75, 3.05) is 6.54 Å². The summed E-state index contributed by atoms with van der Waals surface area (Å²) in [6.07, 6.45) is 2.27. The first kappa shape index (κ1) is 18.1. The largest absolute Gasteiger partial charge is 0.468 e. The molecule has 1 aliphatic rings. The van der Waals surface area contributed by atoms with Crippen LogP contribution in [0.4, 0.5) is 0 Å². The van der Waals surface area contributed by atoms with Gasteiger partial charge in [-0.2, -0.15) is 0 Å². The normalized spacial score (nSPS) is 14.8. The molecule has 0 saturated heterocycles. The van der Waals surface area contributed by atoms with Gasteiger partial charge in [-0.15, -0.1) is 11.8 Å². The summed E-state index contributed by atoms with van der Waals surface area (Å²) in [5.74, 6) is 0.575. The van der Waals surface area contributed by atoms with Crippen molar-refractivity contribution in [3.05, 3.63) is 62.9 Å². The predicted molar refractivity (Wildman–Crippen MR) is 100 cm³/mol. The molecule has 25 heavy (non-hydrogen) atoms. The molecule has 0 spiro atoms. The summed E-state index contributed by atoms with van der Waals surface area (Å²) in [7, 11) is 0. The molecule has 0 atom stereocenters. The molecular formula is C18H15Cl2NO3S. The van der Waals surface area contributed by atoms with E-state index in [2.05, 4.69) is 0 Å². The molecule has 0 aliphatic carbocycles. The van der Waals surface area contributed by atoms with Crippen LogP contribution in [0.2, 0.25) is 10.0 Å². The fourth-order valence-corrected chi connectivity index (χ4v) is 4.11. The van der Waals surface area contributed by atoms with Crippen LogP contribution >= 0.6 is 35.0 Å². The average Bonchev–Trinajstić information content (AvgIpc) is 3.16. The second-order valence-electron chi connectivity index (χ2n) is 5.46. The number of rotatable bonds is 6. The van der Waals surface area contributed by atoms with E-state index in [1.807, 2.05) is 13.0 Å². The van der Waals surface area contributed by atoms with E-state index >= 15 is 0 Å². The molecule has 2 heterocycles. The van der Waals surface area contributed by atoms with Crippen LogP contribution in [-0.2, 0) is 15.3 Å². The number of imide groups is 1. The number of amides is 2. The van der Waals surface area contributed by atoms with Gasteiger partial charge >= 0.3 is 0 Å². The molecule has 130 valence electrons. The average molecular weight is 396 g/mol. The van der Waals surface area contributed by atoms with Crippen molar-refractivity contribution in [3.8, 4) is 0 Å². The maximum Gasteiger partial charge on any atom is 0.267 e. The SMILES string of the molecule is CCCN1C(=O)C(SCc2ccco2)=C(c2ccc(Cl)cc2Cl)C1=O. The van der Waals surface area contributed by atoms with Crippen molar-refractivity contribution < 1.29 is 14.0 Å². The Balaban J connectivity index is 2.02. The Bertz CT molecular complexity index is 846. The predicted octanol–water partition coefficient (Wildman–Crippen LogP) is 5.01. The fourth-order valence-electron chi connectivity index (χ4n) is 2.58. The van der Waals surface area contributed by atoms with Crippen LogP contribution in [0.1, 0.15) is 24.7 Å². The minimum atomic E-state index is -0.321. The second kappa shape index (κ2) is 7.68. The van der Waals surface area contributed by atoms with E-state index in [0.717, 1.165) is 5.76 Å². The highest BCUT2D eigenvalue weighted by Crippen LogP contribution is 2.40. The molecule has 4 nitrogen and oxygen atoms in total. The van der Waals surface area contributed by atoms with Crippen LogP contribution in [0.25, 0.3) is 5.57 Å². The monoisotopic (exact) mass is 395 g/mol. The Kier molecular flexibility index (Phi) is 5.57. The first-order chi connectivity index (χ1) is 12.0. The molecule has 2 amide bonds. The van der Waals surface area contributed by atoms with Crippen LogP contribution in [0, 0.1) is 0 Å². The van der Waals surface area contributed by atoms with Crippen molar-refractivity contribution in [2.45, 2.75) is 19.1 Å². The molecular weight excluding hydrogens is 381 g/mol. The first-order valence-corrected chi connectivity index (χ1v) is 9.48. The quantitative estimate of drug-likeness (QED) is 0.644. The van der Waals surface area contributed by atoms with Crippen molar-refractivity contribution in [3.63, 3.8) is 0 Å². The van der Waals surface area contributed by atoms with Crippen molar-refractivity contribution in [1.29, 1.82) is 0 Å². The molecule has 0 fully saturated rings.